The smallest absolute Gasteiger partial charge is 0.307 e. The molecule has 0 radical (unpaired) electrons. The summed E-state index contributed by atoms with van der Waals surface area (Å²) in [4.78, 5) is 154. The topological polar surface area (TPSA) is 522 Å². The van der Waals surface area contributed by atoms with Crippen molar-refractivity contribution in [1.82, 2.24) is 0 Å². The van der Waals surface area contributed by atoms with Gasteiger partial charge in [-0.05, 0) is 222 Å². The number of benzene rings is 8. The van der Waals surface area contributed by atoms with E-state index in [4.69, 9.17) is 40.9 Å². The van der Waals surface area contributed by atoms with E-state index in [-0.39, 0.29) is 57.8 Å². The van der Waals surface area contributed by atoms with Crippen molar-refractivity contribution >= 4 is 127 Å². The Labute approximate surface area is 674 Å². The third kappa shape index (κ3) is 33.4. The van der Waals surface area contributed by atoms with Gasteiger partial charge in [0, 0.05) is 19.3 Å². The molecule has 6 unspecified atom stereocenters. The number of fused-ring (bicyclic) bond motifs is 4. The largest absolute Gasteiger partial charge is 0.481 e. The normalized spacial score (nSPS) is 12.5. The van der Waals surface area contributed by atoms with Crippen LogP contribution >= 0.6 is 0 Å². The highest BCUT2D eigenvalue weighted by Gasteiger charge is 2.28. The molecule has 0 heterocycles. The number of hydrogen-bond acceptors (Lipinski definition) is 14. The first-order valence-corrected chi connectivity index (χ1v) is 38.7. The highest BCUT2D eigenvalue weighted by Crippen LogP contribution is 2.33. The lowest BCUT2D eigenvalue weighted by molar-refractivity contribution is -0.148. The number of carboxylic acids is 14. The van der Waals surface area contributed by atoms with E-state index in [1.807, 2.05) is 84.9 Å². The van der Waals surface area contributed by atoms with Crippen LogP contribution < -0.4 is 0 Å². The molecule has 0 saturated heterocycles. The number of rotatable bonds is 49. The number of aliphatic carboxylic acids is 14. The fraction of sp³-hybridized carbons (Fsp3) is 0.393. The van der Waals surface area contributed by atoms with Gasteiger partial charge in [-0.25, -0.2) is 0 Å². The predicted octanol–water partition coefficient (Wildman–Crippen LogP) is 14.8. The first kappa shape index (κ1) is 95.0. The molecule has 0 aliphatic carbocycles. The van der Waals surface area contributed by atoms with Crippen molar-refractivity contribution in [1.29, 1.82) is 0 Å². The summed E-state index contributed by atoms with van der Waals surface area (Å²) in [5.41, 5.74) is 7.99. The third-order valence-electron chi connectivity index (χ3n) is 20.4. The van der Waals surface area contributed by atoms with Gasteiger partial charge < -0.3 is 71.5 Å². The average molecular weight is 1620 g/mol. The molecular weight excluding hydrogens is 1520 g/mol. The molecule has 8 aromatic carbocycles. The van der Waals surface area contributed by atoms with E-state index in [1.165, 1.54) is 21.9 Å². The maximum atomic E-state index is 11.4. The zero-order chi connectivity index (χ0) is 86.3. The van der Waals surface area contributed by atoms with Gasteiger partial charge in [-0.3, -0.25) is 67.1 Å². The predicted molar refractivity (Wildman–Crippen MR) is 430 cm³/mol. The second kappa shape index (κ2) is 49.2. The Balaban J connectivity index is 0.000000280. The Morgan fingerprint density at radius 2 is 0.376 bits per heavy atom. The molecule has 14 N–H and O–H groups in total. The van der Waals surface area contributed by atoms with Gasteiger partial charge in [0.1, 0.15) is 0 Å². The van der Waals surface area contributed by atoms with E-state index in [2.05, 4.69) is 24.3 Å². The van der Waals surface area contributed by atoms with Crippen LogP contribution in [0.4, 0.5) is 0 Å². The van der Waals surface area contributed by atoms with Crippen molar-refractivity contribution in [2.24, 2.45) is 35.5 Å². The van der Waals surface area contributed by atoms with Crippen molar-refractivity contribution in [2.45, 2.75) is 186 Å². The molecule has 0 aromatic heterocycles. The number of carboxylic acid groups (broad SMARTS) is 14. The van der Waals surface area contributed by atoms with E-state index in [1.54, 1.807) is 36.4 Å². The Bertz CT molecular complexity index is 4570. The van der Waals surface area contributed by atoms with E-state index in [0.717, 1.165) is 69.5 Å². The van der Waals surface area contributed by atoms with Crippen LogP contribution in [-0.2, 0) is 118 Å². The van der Waals surface area contributed by atoms with Crippen molar-refractivity contribution in [3.8, 4) is 0 Å². The highest BCUT2D eigenvalue weighted by atomic mass is 16.4. The molecule has 6 atom stereocenters. The SMILES string of the molecule is O=C(O)CC(CCCc1ccc(CCCC(CC(=O)O)C(=O)O)c2ccccc12)C(=O)O.O=C(O)CC(Cc1ccc(CC(CC(=O)O)C(=O)O)c2ccccc12)C(=O)O.O=C(O)CCC(CCCc1ccc(CCCC(CC(=O)O)C(=O)O)c2ccccc12)C(=O)O.O=C(O)CCCCc1ccc(CCCCC(=O)O)c2ccccc12. The van der Waals surface area contributed by atoms with Crippen LogP contribution in [0.1, 0.15) is 179 Å². The summed E-state index contributed by atoms with van der Waals surface area (Å²) in [6.45, 7) is 0. The van der Waals surface area contributed by atoms with Gasteiger partial charge in [-0.1, -0.05) is 146 Å². The van der Waals surface area contributed by atoms with Crippen molar-refractivity contribution in [2.75, 3.05) is 0 Å². The third-order valence-corrected chi connectivity index (χ3v) is 20.4. The molecular formula is C89H102O28. The van der Waals surface area contributed by atoms with Crippen LogP contribution in [0.5, 0.6) is 0 Å². The van der Waals surface area contributed by atoms with Crippen molar-refractivity contribution in [3.05, 3.63) is 190 Å². The summed E-state index contributed by atoms with van der Waals surface area (Å²) >= 11 is 0. The fourth-order valence-electron chi connectivity index (χ4n) is 14.4. The molecule has 626 valence electrons. The number of aryl methyl sites for hydroxylation is 6. The minimum absolute atomic E-state index is 0.0138. The molecule has 0 bridgehead atoms. The van der Waals surface area contributed by atoms with Crippen LogP contribution in [0, 0.1) is 35.5 Å². The van der Waals surface area contributed by atoms with Crippen LogP contribution in [0.25, 0.3) is 43.1 Å². The summed E-state index contributed by atoms with van der Waals surface area (Å²) in [5, 5.41) is 134. The van der Waals surface area contributed by atoms with Crippen LogP contribution in [0.3, 0.4) is 0 Å². The summed E-state index contributed by atoms with van der Waals surface area (Å²) < 4.78 is 0. The average Bonchev–Trinajstić information content (AvgIpc) is 0.815. The summed E-state index contributed by atoms with van der Waals surface area (Å²) in [5.74, 6) is -20.5. The quantitative estimate of drug-likeness (QED) is 0.0157. The minimum Gasteiger partial charge on any atom is -0.481 e. The van der Waals surface area contributed by atoms with E-state index >= 15 is 0 Å². The maximum Gasteiger partial charge on any atom is 0.307 e. The van der Waals surface area contributed by atoms with Crippen molar-refractivity contribution in [3.63, 3.8) is 0 Å². The van der Waals surface area contributed by atoms with Gasteiger partial charge in [0.15, 0.2) is 0 Å². The summed E-state index contributed by atoms with van der Waals surface area (Å²) in [6, 6.07) is 46.4. The minimum atomic E-state index is -1.21. The second-order valence-electron chi connectivity index (χ2n) is 29.0. The van der Waals surface area contributed by atoms with Crippen LogP contribution in [0.2, 0.25) is 0 Å². The molecule has 0 amide bonds. The first-order chi connectivity index (χ1) is 55.6. The van der Waals surface area contributed by atoms with Crippen LogP contribution in [-0.4, -0.2) is 155 Å². The molecule has 28 nitrogen and oxygen atoms in total. The Kier molecular flexibility index (Phi) is 40.0. The molecule has 0 aliphatic heterocycles. The maximum absolute atomic E-state index is 11.4. The number of unbranched alkanes of at least 4 members (excludes halogenated alkanes) is 2. The molecule has 0 aliphatic rings. The van der Waals surface area contributed by atoms with Gasteiger partial charge in [-0.15, -0.1) is 0 Å². The summed E-state index contributed by atoms with van der Waals surface area (Å²) in [7, 11) is 0. The van der Waals surface area contributed by atoms with E-state index in [9.17, 15) is 97.8 Å². The fourth-order valence-corrected chi connectivity index (χ4v) is 14.4. The Hall–Kier alpha value is -12.6. The van der Waals surface area contributed by atoms with Gasteiger partial charge >= 0.3 is 83.6 Å². The van der Waals surface area contributed by atoms with Gasteiger partial charge in [0.2, 0.25) is 0 Å². The second-order valence-corrected chi connectivity index (χ2v) is 29.0. The molecule has 0 fully saturated rings. The Morgan fingerprint density at radius 1 is 0.188 bits per heavy atom. The molecule has 0 spiro atoms. The van der Waals surface area contributed by atoms with E-state index < -0.39 is 151 Å². The lowest BCUT2D eigenvalue weighted by atomic mass is 9.88. The number of hydrogen-bond donors (Lipinski definition) is 14. The molecule has 8 rings (SSSR count). The molecule has 28 heteroatoms. The zero-order valence-corrected chi connectivity index (χ0v) is 64.8. The lowest BCUT2D eigenvalue weighted by Crippen LogP contribution is -2.21. The van der Waals surface area contributed by atoms with Gasteiger partial charge in [-0.2, -0.15) is 0 Å². The highest BCUT2D eigenvalue weighted by molar-refractivity contribution is 5.93. The van der Waals surface area contributed by atoms with E-state index in [0.29, 0.717) is 92.5 Å². The standard InChI is InChI=1S/C25H30O8.C24H28O8.C20H20O8.C20H24O4/c26-22(27)14-13-18(24(30)31)7-3-5-16-11-12-17(21-10-2-1-9-20(16)21)6-4-8-19(25(32)33)15-23(28)29;25-21(26)13-17(23(29)30)7-3-5-15-11-12-16(20-10-2-1-9-19(15)20)6-4-8-18(24(31)32)14-22(27)28;21-17(22)9-13(19(25)26)7-11-5-6-12(16-4-2-1-3-15(11)16)8-14(20(27)28)10-18(23)24;21-19(22)11-5-1-7-15-13-14-16(8-2-6-12-20(23)24)18-10-4-3-9-17(15)18/h1-2,9-12,18-19H,3-8,13-15H2,(H,26,27)(H,28,29)(H,30,31)(H,32,33);1-2,9-12,17-18H,3-8,13-14H2,(H,25,26)(H,27,28)(H,29,30)(H,31,32);1-6,13-14H,7-10H2,(H,21,22)(H,23,24)(H,25,26)(H,27,28);3-4,9-10,13-14H,1-2,5-8,11-12H2,(H,21,22)(H,23,24). The lowest BCUT2D eigenvalue weighted by Gasteiger charge is -2.16. The Morgan fingerprint density at radius 3 is 0.581 bits per heavy atom. The number of carbonyl (C=O) groups is 14. The van der Waals surface area contributed by atoms with Gasteiger partial charge in [0.05, 0.1) is 67.6 Å². The summed E-state index contributed by atoms with van der Waals surface area (Å²) in [6.07, 6.45) is 9.14. The van der Waals surface area contributed by atoms with Crippen LogP contribution in [0.15, 0.2) is 146 Å². The monoisotopic (exact) mass is 1620 g/mol. The van der Waals surface area contributed by atoms with Crippen molar-refractivity contribution < 1.29 is 139 Å². The molecule has 117 heavy (non-hydrogen) atoms. The zero-order valence-electron chi connectivity index (χ0n) is 64.8. The first-order valence-electron chi connectivity index (χ1n) is 38.7. The molecule has 8 aromatic rings. The molecule has 0 saturated carbocycles. The van der Waals surface area contributed by atoms with Gasteiger partial charge in [0.25, 0.3) is 0 Å².